The summed E-state index contributed by atoms with van der Waals surface area (Å²) in [5.41, 5.74) is 18.8. The third-order valence-electron chi connectivity index (χ3n) is 14.7. The predicted molar refractivity (Wildman–Crippen MR) is 327 cm³/mol. The molecule has 0 unspecified atom stereocenters. The van der Waals surface area contributed by atoms with E-state index < -0.39 is 0 Å². The van der Waals surface area contributed by atoms with Crippen molar-refractivity contribution in [3.63, 3.8) is 0 Å². The topological polar surface area (TPSA) is 109 Å². The van der Waals surface area contributed by atoms with Crippen molar-refractivity contribution in [2.24, 2.45) is 0 Å². The highest BCUT2D eigenvalue weighted by atomic mass is 15.1. The van der Waals surface area contributed by atoms with Gasteiger partial charge in [-0.25, -0.2) is 9.97 Å². The summed E-state index contributed by atoms with van der Waals surface area (Å²) in [7, 11) is 0. The van der Waals surface area contributed by atoms with Crippen LogP contribution in [0.25, 0.3) is 83.6 Å². The molecule has 0 amide bonds. The van der Waals surface area contributed by atoms with Crippen molar-refractivity contribution < 1.29 is 0 Å². The number of hydrogen-bond acceptors (Lipinski definition) is 7. The minimum atomic E-state index is 0.576. The molecule has 0 fully saturated rings. The lowest BCUT2D eigenvalue weighted by atomic mass is 9.94. The molecule has 0 spiro atoms. The molecule has 8 nitrogen and oxygen atoms in total. The van der Waals surface area contributed by atoms with Crippen LogP contribution < -0.4 is 9.80 Å². The summed E-state index contributed by atoms with van der Waals surface area (Å²) in [6.07, 6.45) is 0. The van der Waals surface area contributed by atoms with Gasteiger partial charge in [-0.3, -0.25) is 0 Å². The molecule has 0 aliphatic heterocycles. The van der Waals surface area contributed by atoms with Gasteiger partial charge in [-0.1, -0.05) is 146 Å². The van der Waals surface area contributed by atoms with Gasteiger partial charge in [0, 0.05) is 67.3 Å². The molecule has 378 valence electrons. The van der Waals surface area contributed by atoms with Crippen LogP contribution in [-0.2, 0) is 0 Å². The summed E-state index contributed by atoms with van der Waals surface area (Å²) in [5.74, 6) is 0.663. The Hall–Kier alpha value is -11.6. The molecule has 2 aromatic heterocycles. The van der Waals surface area contributed by atoms with Gasteiger partial charge in [-0.2, -0.15) is 15.8 Å². The van der Waals surface area contributed by atoms with Gasteiger partial charge in [0.1, 0.15) is 0 Å². The molecule has 0 atom stereocenters. The van der Waals surface area contributed by atoms with Gasteiger partial charge in [-0.15, -0.1) is 0 Å². The Morgan fingerprint density at radius 1 is 0.309 bits per heavy atom. The monoisotopic (exact) mass is 1030 g/mol. The number of hydrogen-bond donors (Lipinski definition) is 0. The Labute approximate surface area is 469 Å². The summed E-state index contributed by atoms with van der Waals surface area (Å²) < 4.78 is 2.30. The molecule has 0 aliphatic rings. The molecule has 0 saturated heterocycles. The molecule has 81 heavy (non-hydrogen) atoms. The van der Waals surface area contributed by atoms with Crippen LogP contribution in [0.5, 0.6) is 0 Å². The van der Waals surface area contributed by atoms with Crippen molar-refractivity contribution >= 4 is 55.9 Å². The van der Waals surface area contributed by atoms with Gasteiger partial charge < -0.3 is 14.4 Å². The third kappa shape index (κ3) is 9.57. The van der Waals surface area contributed by atoms with Crippen LogP contribution in [-0.4, -0.2) is 14.5 Å². The SMILES string of the molecule is N#Cc1ccc(N(c2ccccc2)c2ccc3c(c2)c2cc(N(c4ccccc4)c4ccc(C#N)cc4)ccc2n3-c2ccc(-c3ccc(-c4ccc(-c5cc(-c6ccccc6)nc(-c6ccccc6)n5)cc4)cc3C#N)cc2)cc1. The molecular weight excluding hydrogens is 989 g/mol. The van der Waals surface area contributed by atoms with Crippen LogP contribution in [0.1, 0.15) is 16.7 Å². The summed E-state index contributed by atoms with van der Waals surface area (Å²) >= 11 is 0. The lowest BCUT2D eigenvalue weighted by Gasteiger charge is -2.26. The Morgan fingerprint density at radius 2 is 0.716 bits per heavy atom. The van der Waals surface area contributed by atoms with Gasteiger partial charge in [0.2, 0.25) is 0 Å². The van der Waals surface area contributed by atoms with Crippen molar-refractivity contribution in [3.05, 3.63) is 296 Å². The van der Waals surface area contributed by atoms with Gasteiger partial charge >= 0.3 is 0 Å². The maximum Gasteiger partial charge on any atom is 0.160 e. The highest BCUT2D eigenvalue weighted by Gasteiger charge is 2.21. The van der Waals surface area contributed by atoms with Crippen LogP contribution >= 0.6 is 0 Å². The first-order chi connectivity index (χ1) is 40.0. The molecule has 0 radical (unpaired) electrons. The molecule has 13 aromatic rings. The van der Waals surface area contributed by atoms with Crippen LogP contribution in [0.3, 0.4) is 0 Å². The van der Waals surface area contributed by atoms with Crippen molar-refractivity contribution in [1.29, 1.82) is 15.8 Å². The standard InChI is InChI=1S/C73H46N8/c74-47-50-21-32-61(33-22-50)79(59-17-9-3-10-18-59)64-38-41-71-67(44-64)68-45-65(80(60-19-11-4-12-20-60)62-34-23-51(48-75)24-35-62)39-42-72(68)81(71)63-36-29-53(30-37-63)66-40-31-57(43-58(66)49-76)52-25-27-55(28-26-52)70-46-69(54-13-5-1-6-14-54)77-73(78-70)56-15-7-2-8-16-56/h1-46H. The van der Waals surface area contributed by atoms with Crippen LogP contribution in [0.2, 0.25) is 0 Å². The number of nitrogens with zero attached hydrogens (tertiary/aromatic N) is 8. The lowest BCUT2D eigenvalue weighted by molar-refractivity contribution is 1.18. The van der Waals surface area contributed by atoms with Gasteiger partial charge in [0.15, 0.2) is 5.82 Å². The summed E-state index contributed by atoms with van der Waals surface area (Å²) in [4.78, 5) is 14.4. The fourth-order valence-electron chi connectivity index (χ4n) is 10.7. The molecule has 0 saturated carbocycles. The van der Waals surface area contributed by atoms with E-state index in [9.17, 15) is 15.8 Å². The third-order valence-corrected chi connectivity index (χ3v) is 14.7. The number of para-hydroxylation sites is 2. The lowest BCUT2D eigenvalue weighted by Crippen LogP contribution is -2.10. The Morgan fingerprint density at radius 3 is 1.20 bits per heavy atom. The van der Waals surface area contributed by atoms with E-state index in [-0.39, 0.29) is 0 Å². The largest absolute Gasteiger partial charge is 0.310 e. The smallest absolute Gasteiger partial charge is 0.160 e. The molecule has 11 aromatic carbocycles. The summed E-state index contributed by atoms with van der Waals surface area (Å²) in [6, 6.07) is 101. The molecule has 2 heterocycles. The minimum absolute atomic E-state index is 0.576. The average molecular weight is 1040 g/mol. The maximum absolute atomic E-state index is 10.7. The minimum Gasteiger partial charge on any atom is -0.310 e. The van der Waals surface area contributed by atoms with Crippen LogP contribution in [0.15, 0.2) is 279 Å². The normalized spacial score (nSPS) is 10.9. The zero-order chi connectivity index (χ0) is 54.7. The first-order valence-electron chi connectivity index (χ1n) is 26.5. The average Bonchev–Trinajstić information content (AvgIpc) is 3.96. The fourth-order valence-corrected chi connectivity index (χ4v) is 10.7. The second kappa shape index (κ2) is 21.4. The fraction of sp³-hybridized carbons (Fsp3) is 0. The molecule has 0 N–H and O–H groups in total. The number of aromatic nitrogens is 3. The second-order valence-corrected chi connectivity index (χ2v) is 19.6. The van der Waals surface area contributed by atoms with Gasteiger partial charge in [0.05, 0.1) is 57.3 Å². The van der Waals surface area contributed by atoms with Crippen LogP contribution in [0.4, 0.5) is 34.1 Å². The molecule has 0 bridgehead atoms. The first kappa shape index (κ1) is 49.0. The molecular formula is C73H46N8. The zero-order valence-corrected chi connectivity index (χ0v) is 43.6. The molecule has 0 aliphatic carbocycles. The van der Waals surface area contributed by atoms with E-state index in [2.05, 4.69) is 160 Å². The van der Waals surface area contributed by atoms with Crippen LogP contribution in [0, 0.1) is 34.0 Å². The number of fused-ring (bicyclic) bond motifs is 3. The molecule has 13 rings (SSSR count). The summed E-state index contributed by atoms with van der Waals surface area (Å²) in [6.45, 7) is 0. The van der Waals surface area contributed by atoms with Crippen molar-refractivity contribution in [1.82, 2.24) is 14.5 Å². The van der Waals surface area contributed by atoms with E-state index in [0.717, 1.165) is 112 Å². The van der Waals surface area contributed by atoms with Crippen molar-refractivity contribution in [2.45, 2.75) is 0 Å². The van der Waals surface area contributed by atoms with Crippen molar-refractivity contribution in [3.8, 4) is 80.1 Å². The Kier molecular flexibility index (Phi) is 12.9. The van der Waals surface area contributed by atoms with E-state index in [1.165, 1.54) is 0 Å². The van der Waals surface area contributed by atoms with E-state index in [0.29, 0.717) is 22.5 Å². The zero-order valence-electron chi connectivity index (χ0n) is 43.6. The number of anilines is 6. The number of nitriles is 3. The van der Waals surface area contributed by atoms with Gasteiger partial charge in [0.25, 0.3) is 0 Å². The van der Waals surface area contributed by atoms with E-state index >= 15 is 0 Å². The van der Waals surface area contributed by atoms with Gasteiger partial charge in [-0.05, 0) is 156 Å². The highest BCUT2D eigenvalue weighted by molar-refractivity contribution is 6.12. The maximum atomic E-state index is 10.7. The predicted octanol–water partition coefficient (Wildman–Crippen LogP) is 18.5. The van der Waals surface area contributed by atoms with E-state index in [4.69, 9.17) is 9.97 Å². The number of benzene rings is 11. The number of rotatable bonds is 12. The van der Waals surface area contributed by atoms with Crippen molar-refractivity contribution in [2.75, 3.05) is 9.80 Å². The quantitative estimate of drug-likeness (QED) is 0.120. The molecule has 8 heteroatoms. The Bertz CT molecular complexity index is 4340. The first-order valence-corrected chi connectivity index (χ1v) is 26.5. The highest BCUT2D eigenvalue weighted by Crippen LogP contribution is 2.43. The summed E-state index contributed by atoms with van der Waals surface area (Å²) in [5, 5.41) is 32.1. The second-order valence-electron chi connectivity index (χ2n) is 19.6. The van der Waals surface area contributed by atoms with E-state index in [1.807, 2.05) is 152 Å². The Balaban J connectivity index is 0.876. The van der Waals surface area contributed by atoms with E-state index in [1.54, 1.807) is 0 Å².